The van der Waals surface area contributed by atoms with Gasteiger partial charge in [-0.2, -0.15) is 8.42 Å². The van der Waals surface area contributed by atoms with Crippen LogP contribution in [-0.4, -0.2) is 13.3 Å². The number of non-ortho nitro benzene ring substituents is 1. The first kappa shape index (κ1) is 17.8. The van der Waals surface area contributed by atoms with Crippen LogP contribution in [0.4, 0.5) is 9.57 Å². The van der Waals surface area contributed by atoms with Crippen molar-refractivity contribution in [2.75, 3.05) is 0 Å². The minimum Gasteiger partial charge on any atom is -0.258 e. The molecule has 2 aromatic carbocycles. The highest BCUT2D eigenvalue weighted by molar-refractivity contribution is 7.86. The summed E-state index contributed by atoms with van der Waals surface area (Å²) in [5.74, 6) is 0. The number of benzene rings is 2. The fourth-order valence-corrected chi connectivity index (χ4v) is 2.88. The van der Waals surface area contributed by atoms with Gasteiger partial charge in [0.2, 0.25) is 0 Å². The van der Waals surface area contributed by atoms with Gasteiger partial charge in [-0.3, -0.25) is 10.1 Å². The Morgan fingerprint density at radius 1 is 1.04 bits per heavy atom. The van der Waals surface area contributed by atoms with E-state index in [1.165, 1.54) is 24.3 Å². The molecule has 124 valence electrons. The second-order valence-electron chi connectivity index (χ2n) is 4.70. The Morgan fingerprint density at radius 3 is 2.21 bits per heavy atom. The Hall–Kier alpha value is -2.51. The van der Waals surface area contributed by atoms with E-state index in [0.717, 1.165) is 6.07 Å². The van der Waals surface area contributed by atoms with E-state index in [0.29, 0.717) is 11.1 Å². The average molecular weight is 368 g/mol. The second kappa shape index (κ2) is 7.37. The highest BCUT2D eigenvalue weighted by Crippen LogP contribution is 2.24. The van der Waals surface area contributed by atoms with E-state index in [2.05, 4.69) is 0 Å². The third kappa shape index (κ3) is 4.74. The molecule has 0 spiro atoms. The number of nitro groups is 1. The first-order valence-electron chi connectivity index (χ1n) is 6.61. The van der Waals surface area contributed by atoms with Gasteiger partial charge in [-0.25, -0.2) is 0 Å². The zero-order valence-corrected chi connectivity index (χ0v) is 13.7. The van der Waals surface area contributed by atoms with E-state index in [1.807, 2.05) is 0 Å². The quantitative estimate of drug-likeness (QED) is 0.334. The number of nitrogens with zero attached hydrogens (tertiary/aromatic N) is 1. The highest BCUT2D eigenvalue weighted by atomic mass is 35.5. The average Bonchev–Trinajstić information content (AvgIpc) is 2.50. The van der Waals surface area contributed by atoms with Crippen molar-refractivity contribution < 1.29 is 17.2 Å². The van der Waals surface area contributed by atoms with Crippen LogP contribution in [0.5, 0.6) is 0 Å². The maximum atomic E-state index is 12.9. The van der Waals surface area contributed by atoms with Gasteiger partial charge < -0.3 is 0 Å². The topological polar surface area (TPSA) is 77.3 Å². The van der Waals surface area contributed by atoms with Crippen LogP contribution in [-0.2, 0) is 10.2 Å². The lowest BCUT2D eigenvalue weighted by Crippen LogP contribution is -1.93. The van der Waals surface area contributed by atoms with Gasteiger partial charge in [-0.1, -0.05) is 54.1 Å². The molecule has 8 heteroatoms. The standard InChI is InChI=1S/C16H11ClFNO4S/c17-15-11-13(8-9-16(15)24(18,22)23)5-2-1-4-12-6-3-7-14(10-12)19(20)21/h1-11H/b4-1+,5-2+. The van der Waals surface area contributed by atoms with Crippen molar-refractivity contribution in [2.45, 2.75) is 4.90 Å². The summed E-state index contributed by atoms with van der Waals surface area (Å²) in [4.78, 5) is 9.63. The van der Waals surface area contributed by atoms with E-state index in [4.69, 9.17) is 11.6 Å². The Kier molecular flexibility index (Phi) is 5.48. The molecule has 0 bridgehead atoms. The fourth-order valence-electron chi connectivity index (χ4n) is 1.89. The molecule has 2 aromatic rings. The molecule has 0 aliphatic rings. The van der Waals surface area contributed by atoms with Crippen LogP contribution >= 0.6 is 11.6 Å². The zero-order valence-electron chi connectivity index (χ0n) is 12.1. The van der Waals surface area contributed by atoms with Crippen LogP contribution in [0.2, 0.25) is 5.02 Å². The normalized spacial score (nSPS) is 12.1. The molecule has 0 fully saturated rings. The van der Waals surface area contributed by atoms with Crippen molar-refractivity contribution in [3.63, 3.8) is 0 Å². The number of nitro benzene ring substituents is 1. The molecular weight excluding hydrogens is 357 g/mol. The smallest absolute Gasteiger partial charge is 0.258 e. The summed E-state index contributed by atoms with van der Waals surface area (Å²) in [5, 5.41) is 10.5. The predicted octanol–water partition coefficient (Wildman–Crippen LogP) is 4.63. The molecule has 5 nitrogen and oxygen atoms in total. The first-order chi connectivity index (χ1) is 11.3. The van der Waals surface area contributed by atoms with Gasteiger partial charge in [0.05, 0.1) is 9.95 Å². The van der Waals surface area contributed by atoms with Gasteiger partial charge >= 0.3 is 10.2 Å². The highest BCUT2D eigenvalue weighted by Gasteiger charge is 2.15. The minimum atomic E-state index is -4.85. The molecule has 0 amide bonds. The van der Waals surface area contributed by atoms with Crippen LogP contribution in [0, 0.1) is 10.1 Å². The molecule has 0 N–H and O–H groups in total. The number of hydrogen-bond acceptors (Lipinski definition) is 4. The lowest BCUT2D eigenvalue weighted by atomic mass is 10.1. The van der Waals surface area contributed by atoms with E-state index in [-0.39, 0.29) is 10.7 Å². The fraction of sp³-hybridized carbons (Fsp3) is 0. The lowest BCUT2D eigenvalue weighted by Gasteiger charge is -2.00. The van der Waals surface area contributed by atoms with Gasteiger partial charge in [0, 0.05) is 12.1 Å². The first-order valence-corrected chi connectivity index (χ1v) is 8.37. The van der Waals surface area contributed by atoms with Crippen LogP contribution in [0.3, 0.4) is 0 Å². The van der Waals surface area contributed by atoms with Crippen LogP contribution in [0.25, 0.3) is 12.2 Å². The van der Waals surface area contributed by atoms with E-state index >= 15 is 0 Å². The van der Waals surface area contributed by atoms with Crippen molar-refractivity contribution in [3.05, 3.63) is 80.9 Å². The molecule has 0 unspecified atom stereocenters. The molecule has 0 saturated carbocycles. The molecule has 0 heterocycles. The molecule has 24 heavy (non-hydrogen) atoms. The second-order valence-corrected chi connectivity index (χ2v) is 6.42. The number of rotatable bonds is 5. The van der Waals surface area contributed by atoms with Gasteiger partial charge in [0.25, 0.3) is 5.69 Å². The maximum absolute atomic E-state index is 12.9. The van der Waals surface area contributed by atoms with E-state index < -0.39 is 20.0 Å². The summed E-state index contributed by atoms with van der Waals surface area (Å²) >= 11 is 5.73. The van der Waals surface area contributed by atoms with Crippen LogP contribution < -0.4 is 0 Å². The molecule has 0 aliphatic carbocycles. The summed E-state index contributed by atoms with van der Waals surface area (Å²) in [6, 6.07) is 9.95. The van der Waals surface area contributed by atoms with Gasteiger partial charge in [-0.15, -0.1) is 3.89 Å². The monoisotopic (exact) mass is 367 g/mol. The number of hydrogen-bond donors (Lipinski definition) is 0. The van der Waals surface area contributed by atoms with Crippen molar-refractivity contribution in [3.8, 4) is 0 Å². The number of allylic oxidation sites excluding steroid dienone is 2. The predicted molar refractivity (Wildman–Crippen MR) is 90.9 cm³/mol. The summed E-state index contributed by atoms with van der Waals surface area (Å²) in [6.45, 7) is 0. The lowest BCUT2D eigenvalue weighted by molar-refractivity contribution is -0.384. The van der Waals surface area contributed by atoms with E-state index in [1.54, 1.807) is 36.4 Å². The van der Waals surface area contributed by atoms with Crippen molar-refractivity contribution >= 4 is 39.7 Å². The third-order valence-electron chi connectivity index (χ3n) is 2.99. The van der Waals surface area contributed by atoms with Gasteiger partial charge in [-0.05, 0) is 23.3 Å². The molecular formula is C16H11ClFNO4S. The molecule has 0 aliphatic heterocycles. The Morgan fingerprint density at radius 2 is 1.67 bits per heavy atom. The largest absolute Gasteiger partial charge is 0.333 e. The summed E-state index contributed by atoms with van der Waals surface area (Å²) < 4.78 is 34.6. The summed E-state index contributed by atoms with van der Waals surface area (Å²) in [7, 11) is -4.85. The van der Waals surface area contributed by atoms with Gasteiger partial charge in [0.1, 0.15) is 4.90 Å². The molecule has 0 radical (unpaired) electrons. The summed E-state index contributed by atoms with van der Waals surface area (Å²) in [5.41, 5.74) is 1.23. The Bertz CT molecular complexity index is 939. The molecule has 2 rings (SSSR count). The SMILES string of the molecule is O=[N+]([O-])c1cccc(/C=C/C=C/c2ccc(S(=O)(=O)F)c(Cl)c2)c1. The van der Waals surface area contributed by atoms with Crippen molar-refractivity contribution in [2.24, 2.45) is 0 Å². The minimum absolute atomic E-state index is 0.00377. The Labute approximate surface area is 143 Å². The van der Waals surface area contributed by atoms with Crippen LogP contribution in [0.15, 0.2) is 59.5 Å². The van der Waals surface area contributed by atoms with Crippen LogP contribution in [0.1, 0.15) is 11.1 Å². The van der Waals surface area contributed by atoms with Crippen molar-refractivity contribution in [1.29, 1.82) is 0 Å². The van der Waals surface area contributed by atoms with E-state index in [9.17, 15) is 22.4 Å². The molecule has 0 atom stereocenters. The third-order valence-corrected chi connectivity index (χ3v) is 4.29. The number of halogens is 2. The Balaban J connectivity index is 2.13. The van der Waals surface area contributed by atoms with Gasteiger partial charge in [0.15, 0.2) is 0 Å². The zero-order chi connectivity index (χ0) is 17.7. The molecule has 0 saturated heterocycles. The van der Waals surface area contributed by atoms with Crippen molar-refractivity contribution in [1.82, 2.24) is 0 Å². The summed E-state index contributed by atoms with van der Waals surface area (Å²) in [6.07, 6.45) is 6.61. The maximum Gasteiger partial charge on any atom is 0.333 e. The molecule has 0 aromatic heterocycles.